The third-order valence-corrected chi connectivity index (χ3v) is 6.37. The minimum absolute atomic E-state index is 0.0114. The van der Waals surface area contributed by atoms with Crippen LogP contribution in [-0.4, -0.2) is 18.9 Å². The van der Waals surface area contributed by atoms with Crippen molar-refractivity contribution in [1.82, 2.24) is 4.57 Å². The molecule has 1 aromatic heterocycles. The van der Waals surface area contributed by atoms with Gasteiger partial charge in [0, 0.05) is 41.8 Å². The van der Waals surface area contributed by atoms with Crippen molar-refractivity contribution in [3.63, 3.8) is 0 Å². The van der Waals surface area contributed by atoms with Crippen molar-refractivity contribution in [2.75, 3.05) is 5.32 Å². The summed E-state index contributed by atoms with van der Waals surface area (Å²) in [5, 5.41) is 13.1. The molecule has 0 atom stereocenters. The standard InChI is InChI=1S/C24H23N3O3S/c1-17(2)12-13-27-16-19(23-6-4-5-7-24(23)27)14-22(15-25)31(29,30)21-10-8-20(9-11-21)26-18(3)28/h4-12,14,16H,13H2,1-3H3,(H,26,28)/b22-14+. The number of allylic oxidation sites excluding steroid dienone is 3. The molecule has 1 amide bonds. The molecule has 0 bridgehead atoms. The number of hydrogen-bond acceptors (Lipinski definition) is 4. The van der Waals surface area contributed by atoms with Gasteiger partial charge in [-0.2, -0.15) is 5.26 Å². The topological polar surface area (TPSA) is 92.0 Å². The maximum absolute atomic E-state index is 13.1. The molecule has 7 heteroatoms. The molecular weight excluding hydrogens is 410 g/mol. The number of carbonyl (C=O) groups is 1. The van der Waals surface area contributed by atoms with Gasteiger partial charge in [-0.15, -0.1) is 0 Å². The molecule has 31 heavy (non-hydrogen) atoms. The molecule has 6 nitrogen and oxygen atoms in total. The lowest BCUT2D eigenvalue weighted by Crippen LogP contribution is -2.07. The van der Waals surface area contributed by atoms with Crippen LogP contribution in [0.25, 0.3) is 17.0 Å². The number of para-hydroxylation sites is 1. The normalized spacial score (nSPS) is 11.7. The number of rotatable bonds is 6. The summed E-state index contributed by atoms with van der Waals surface area (Å²) in [4.78, 5) is 10.8. The number of hydrogen-bond donors (Lipinski definition) is 1. The van der Waals surface area contributed by atoms with E-state index < -0.39 is 9.84 Å². The lowest BCUT2D eigenvalue weighted by atomic mass is 10.1. The van der Waals surface area contributed by atoms with Gasteiger partial charge in [-0.25, -0.2) is 8.42 Å². The van der Waals surface area contributed by atoms with Crippen LogP contribution in [0.2, 0.25) is 0 Å². The summed E-state index contributed by atoms with van der Waals surface area (Å²) in [5.41, 5.74) is 3.28. The zero-order valence-corrected chi connectivity index (χ0v) is 18.4. The molecule has 0 aliphatic carbocycles. The van der Waals surface area contributed by atoms with Crippen molar-refractivity contribution in [1.29, 1.82) is 5.26 Å². The molecule has 0 fully saturated rings. The van der Waals surface area contributed by atoms with Crippen LogP contribution in [0.3, 0.4) is 0 Å². The molecule has 0 spiro atoms. The van der Waals surface area contributed by atoms with Crippen molar-refractivity contribution in [3.05, 3.63) is 76.8 Å². The quantitative estimate of drug-likeness (QED) is 0.442. The highest BCUT2D eigenvalue weighted by molar-refractivity contribution is 7.95. The predicted octanol–water partition coefficient (Wildman–Crippen LogP) is 4.90. The highest BCUT2D eigenvalue weighted by Gasteiger charge is 2.21. The molecular formula is C24H23N3O3S. The fourth-order valence-corrected chi connectivity index (χ4v) is 4.33. The van der Waals surface area contributed by atoms with Gasteiger partial charge >= 0.3 is 0 Å². The summed E-state index contributed by atoms with van der Waals surface area (Å²) in [6.45, 7) is 6.05. The Morgan fingerprint density at radius 2 is 1.77 bits per heavy atom. The molecule has 1 N–H and O–H groups in total. The fourth-order valence-electron chi connectivity index (χ4n) is 3.18. The maximum Gasteiger partial charge on any atom is 0.221 e. The summed E-state index contributed by atoms with van der Waals surface area (Å²) in [7, 11) is -4.01. The third kappa shape index (κ3) is 4.93. The average Bonchev–Trinajstić information content (AvgIpc) is 3.08. The van der Waals surface area contributed by atoms with Crippen molar-refractivity contribution >= 4 is 38.4 Å². The Labute approximate surface area is 182 Å². The Morgan fingerprint density at radius 3 is 2.39 bits per heavy atom. The Balaban J connectivity index is 2.05. The van der Waals surface area contributed by atoms with Gasteiger partial charge in [0.2, 0.25) is 15.7 Å². The molecule has 0 saturated heterocycles. The van der Waals surface area contributed by atoms with E-state index in [4.69, 9.17) is 0 Å². The van der Waals surface area contributed by atoms with Gasteiger partial charge in [0.25, 0.3) is 0 Å². The number of nitriles is 1. The molecule has 0 unspecified atom stereocenters. The van der Waals surface area contributed by atoms with Gasteiger partial charge in [-0.05, 0) is 50.3 Å². The number of fused-ring (bicyclic) bond motifs is 1. The number of carbonyl (C=O) groups excluding carboxylic acids is 1. The number of sulfone groups is 1. The molecule has 158 valence electrons. The maximum atomic E-state index is 13.1. The highest BCUT2D eigenvalue weighted by atomic mass is 32.2. The van der Waals surface area contributed by atoms with E-state index in [2.05, 4.69) is 11.4 Å². The van der Waals surface area contributed by atoms with Crippen LogP contribution in [0.1, 0.15) is 26.3 Å². The van der Waals surface area contributed by atoms with Gasteiger partial charge in [-0.1, -0.05) is 29.8 Å². The zero-order valence-electron chi connectivity index (χ0n) is 17.6. The number of aromatic nitrogens is 1. The highest BCUT2D eigenvalue weighted by Crippen LogP contribution is 2.27. The minimum Gasteiger partial charge on any atom is -0.343 e. The minimum atomic E-state index is -4.01. The first-order chi connectivity index (χ1) is 14.7. The Bertz CT molecular complexity index is 1330. The number of amides is 1. The second-order valence-corrected chi connectivity index (χ2v) is 9.28. The Hall–Kier alpha value is -3.63. The average molecular weight is 434 g/mol. The van der Waals surface area contributed by atoms with E-state index in [0.717, 1.165) is 10.9 Å². The van der Waals surface area contributed by atoms with E-state index in [0.29, 0.717) is 17.8 Å². The van der Waals surface area contributed by atoms with Gasteiger partial charge in [-0.3, -0.25) is 4.79 Å². The predicted molar refractivity (Wildman–Crippen MR) is 123 cm³/mol. The van der Waals surface area contributed by atoms with Gasteiger partial charge in [0.1, 0.15) is 11.0 Å². The third-order valence-electron chi connectivity index (χ3n) is 4.69. The van der Waals surface area contributed by atoms with Crippen LogP contribution in [0.5, 0.6) is 0 Å². The first kappa shape index (κ1) is 22.1. The molecule has 0 aliphatic rings. The lowest BCUT2D eigenvalue weighted by Gasteiger charge is -2.05. The van der Waals surface area contributed by atoms with E-state index in [1.807, 2.05) is 54.9 Å². The van der Waals surface area contributed by atoms with Crippen LogP contribution >= 0.6 is 0 Å². The van der Waals surface area contributed by atoms with E-state index in [-0.39, 0.29) is 15.7 Å². The zero-order chi connectivity index (χ0) is 22.6. The SMILES string of the molecule is CC(=O)Nc1ccc(S(=O)(=O)/C(C#N)=C/c2cn(CC=C(C)C)c3ccccc23)cc1. The van der Waals surface area contributed by atoms with Crippen molar-refractivity contribution in [3.8, 4) is 6.07 Å². The Kier molecular flexibility index (Phi) is 6.42. The molecule has 0 radical (unpaired) electrons. The first-order valence-electron chi connectivity index (χ1n) is 9.68. The number of benzene rings is 2. The van der Waals surface area contributed by atoms with Crippen molar-refractivity contribution in [2.24, 2.45) is 0 Å². The summed E-state index contributed by atoms with van der Waals surface area (Å²) >= 11 is 0. The smallest absolute Gasteiger partial charge is 0.221 e. The molecule has 1 heterocycles. The first-order valence-corrected chi connectivity index (χ1v) is 11.2. The van der Waals surface area contributed by atoms with Gasteiger partial charge in [0.05, 0.1) is 4.90 Å². The lowest BCUT2D eigenvalue weighted by molar-refractivity contribution is -0.114. The van der Waals surface area contributed by atoms with Gasteiger partial charge < -0.3 is 9.88 Å². The van der Waals surface area contributed by atoms with E-state index in [9.17, 15) is 18.5 Å². The van der Waals surface area contributed by atoms with Crippen LogP contribution < -0.4 is 5.32 Å². The fraction of sp³-hybridized carbons (Fsp3) is 0.167. The van der Waals surface area contributed by atoms with Crippen molar-refractivity contribution < 1.29 is 13.2 Å². The van der Waals surface area contributed by atoms with Crippen LogP contribution in [-0.2, 0) is 21.2 Å². The van der Waals surface area contributed by atoms with Crippen LogP contribution in [0.4, 0.5) is 5.69 Å². The van der Waals surface area contributed by atoms with Crippen LogP contribution in [0.15, 0.2) is 76.2 Å². The van der Waals surface area contributed by atoms with Crippen LogP contribution in [0, 0.1) is 11.3 Å². The molecule has 0 aliphatic heterocycles. The Morgan fingerprint density at radius 1 is 1.10 bits per heavy atom. The van der Waals surface area contributed by atoms with Crippen molar-refractivity contribution in [2.45, 2.75) is 32.2 Å². The summed E-state index contributed by atoms with van der Waals surface area (Å²) in [5.74, 6) is -0.252. The molecule has 3 aromatic rings. The number of nitrogens with one attached hydrogen (secondary N) is 1. The molecule has 3 rings (SSSR count). The second kappa shape index (κ2) is 9.02. The van der Waals surface area contributed by atoms with E-state index in [1.54, 1.807) is 0 Å². The number of nitrogens with zero attached hydrogens (tertiary/aromatic N) is 2. The van der Waals surface area contributed by atoms with E-state index >= 15 is 0 Å². The summed E-state index contributed by atoms with van der Waals surface area (Å²) in [6, 6.07) is 15.3. The van der Waals surface area contributed by atoms with Gasteiger partial charge in [0.15, 0.2) is 0 Å². The van der Waals surface area contributed by atoms with E-state index in [1.165, 1.54) is 42.8 Å². The summed E-state index contributed by atoms with van der Waals surface area (Å²) < 4.78 is 28.2. The molecule has 2 aromatic carbocycles. The molecule has 0 saturated carbocycles. The number of anilines is 1. The monoisotopic (exact) mass is 433 g/mol. The second-order valence-electron chi connectivity index (χ2n) is 7.36. The summed E-state index contributed by atoms with van der Waals surface area (Å²) in [6.07, 6.45) is 5.35. The largest absolute Gasteiger partial charge is 0.343 e.